The quantitative estimate of drug-likeness (QED) is 0.722. The summed E-state index contributed by atoms with van der Waals surface area (Å²) in [7, 11) is 1.69. The third kappa shape index (κ3) is 5.38. The minimum atomic E-state index is 0.564. The minimum absolute atomic E-state index is 0.564. The minimum Gasteiger partial charge on any atom is -0.491 e. The molecule has 0 fully saturated rings. The number of nitrogens with zero attached hydrogens (tertiary/aromatic N) is 2. The second-order valence-corrected chi connectivity index (χ2v) is 4.98. The molecule has 1 heterocycles. The Hall–Kier alpha value is -1.56. The number of nitrogens with one attached hydrogen (secondary N) is 1. The Bertz CT molecular complexity index is 532. The van der Waals surface area contributed by atoms with Gasteiger partial charge in [-0.2, -0.15) is 5.10 Å². The Labute approximate surface area is 129 Å². The zero-order chi connectivity index (χ0) is 14.9. The Morgan fingerprint density at radius 2 is 2.24 bits per heavy atom. The van der Waals surface area contributed by atoms with Gasteiger partial charge in [-0.25, -0.2) is 0 Å². The third-order valence-electron chi connectivity index (χ3n) is 2.96. The summed E-state index contributed by atoms with van der Waals surface area (Å²) < 4.78 is 12.7. The number of benzene rings is 1. The van der Waals surface area contributed by atoms with Crippen LogP contribution in [0, 0.1) is 0 Å². The first-order chi connectivity index (χ1) is 10.3. The molecule has 0 unspecified atom stereocenters. The molecular formula is C15H20ClN3O2. The highest BCUT2D eigenvalue weighted by Gasteiger charge is 2.05. The van der Waals surface area contributed by atoms with Crippen molar-refractivity contribution in [3.05, 3.63) is 47.2 Å². The lowest BCUT2D eigenvalue weighted by Gasteiger charge is -2.13. The van der Waals surface area contributed by atoms with Gasteiger partial charge in [-0.05, 0) is 24.3 Å². The van der Waals surface area contributed by atoms with Crippen LogP contribution in [-0.2, 0) is 17.8 Å². The summed E-state index contributed by atoms with van der Waals surface area (Å²) in [5.41, 5.74) is 1.04. The van der Waals surface area contributed by atoms with E-state index < -0.39 is 0 Å². The Kier molecular flexibility index (Phi) is 6.53. The maximum atomic E-state index is 6.05. The van der Waals surface area contributed by atoms with Crippen molar-refractivity contribution in [1.29, 1.82) is 0 Å². The lowest BCUT2D eigenvalue weighted by molar-refractivity contribution is 0.199. The average Bonchev–Trinajstić information content (AvgIpc) is 2.99. The molecule has 6 heteroatoms. The molecule has 2 rings (SSSR count). The second kappa shape index (κ2) is 8.67. The first-order valence-corrected chi connectivity index (χ1v) is 7.25. The first kappa shape index (κ1) is 15.8. The van der Waals surface area contributed by atoms with Crippen molar-refractivity contribution in [3.63, 3.8) is 0 Å². The van der Waals surface area contributed by atoms with E-state index in [9.17, 15) is 0 Å². The van der Waals surface area contributed by atoms with Crippen LogP contribution in [0.1, 0.15) is 5.56 Å². The Balaban J connectivity index is 1.87. The molecular weight excluding hydrogens is 290 g/mol. The molecule has 1 aromatic carbocycles. The maximum absolute atomic E-state index is 6.05. The van der Waals surface area contributed by atoms with Gasteiger partial charge in [-0.3, -0.25) is 4.68 Å². The molecule has 0 aliphatic heterocycles. The van der Waals surface area contributed by atoms with Gasteiger partial charge in [0.2, 0.25) is 0 Å². The van der Waals surface area contributed by atoms with Crippen LogP contribution in [0.5, 0.6) is 5.75 Å². The van der Waals surface area contributed by atoms with Crippen LogP contribution in [-0.4, -0.2) is 36.6 Å². The first-order valence-electron chi connectivity index (χ1n) is 6.88. The van der Waals surface area contributed by atoms with Crippen LogP contribution in [0.4, 0.5) is 0 Å². The molecule has 21 heavy (non-hydrogen) atoms. The number of halogens is 1. The molecule has 0 radical (unpaired) electrons. The van der Waals surface area contributed by atoms with Gasteiger partial charge in [0.15, 0.2) is 0 Å². The van der Waals surface area contributed by atoms with Gasteiger partial charge >= 0.3 is 0 Å². The van der Waals surface area contributed by atoms with Crippen molar-refractivity contribution >= 4 is 11.6 Å². The predicted molar refractivity (Wildman–Crippen MR) is 82.8 cm³/mol. The van der Waals surface area contributed by atoms with Gasteiger partial charge in [0.05, 0.1) is 13.2 Å². The van der Waals surface area contributed by atoms with Crippen molar-refractivity contribution in [2.45, 2.75) is 13.1 Å². The van der Waals surface area contributed by atoms with Gasteiger partial charge in [0, 0.05) is 43.2 Å². The van der Waals surface area contributed by atoms with E-state index in [1.54, 1.807) is 13.3 Å². The van der Waals surface area contributed by atoms with E-state index in [-0.39, 0.29) is 0 Å². The highest BCUT2D eigenvalue weighted by molar-refractivity contribution is 6.30. The third-order valence-corrected chi connectivity index (χ3v) is 3.19. The van der Waals surface area contributed by atoms with E-state index in [0.717, 1.165) is 17.9 Å². The lowest BCUT2D eigenvalue weighted by atomic mass is 10.2. The topological polar surface area (TPSA) is 48.3 Å². The van der Waals surface area contributed by atoms with E-state index in [1.165, 1.54) is 0 Å². The van der Waals surface area contributed by atoms with Crippen LogP contribution < -0.4 is 10.1 Å². The van der Waals surface area contributed by atoms with E-state index in [0.29, 0.717) is 31.3 Å². The van der Waals surface area contributed by atoms with Gasteiger partial charge in [-0.15, -0.1) is 0 Å². The molecule has 114 valence electrons. The summed E-state index contributed by atoms with van der Waals surface area (Å²) in [6, 6.07) is 7.56. The van der Waals surface area contributed by atoms with Crippen LogP contribution in [0.3, 0.4) is 0 Å². The largest absolute Gasteiger partial charge is 0.491 e. The fourth-order valence-electron chi connectivity index (χ4n) is 1.91. The molecule has 0 saturated carbocycles. The smallest absolute Gasteiger partial charge is 0.123 e. The summed E-state index contributed by atoms with van der Waals surface area (Å²) in [5.74, 6) is 0.844. The molecule has 0 bridgehead atoms. The van der Waals surface area contributed by atoms with E-state index >= 15 is 0 Å². The number of hydrogen-bond acceptors (Lipinski definition) is 4. The summed E-state index contributed by atoms with van der Waals surface area (Å²) in [5, 5.41) is 8.14. The normalized spacial score (nSPS) is 10.8. The number of rotatable bonds is 9. The fourth-order valence-corrected chi connectivity index (χ4v) is 2.10. The summed E-state index contributed by atoms with van der Waals surface area (Å²) in [6.07, 6.45) is 3.67. The molecule has 1 N–H and O–H groups in total. The van der Waals surface area contributed by atoms with Crippen LogP contribution in [0.25, 0.3) is 0 Å². The number of hydrogen-bond donors (Lipinski definition) is 1. The highest BCUT2D eigenvalue weighted by atomic mass is 35.5. The zero-order valence-electron chi connectivity index (χ0n) is 12.1. The van der Waals surface area contributed by atoms with Gasteiger partial charge in [-0.1, -0.05) is 11.6 Å². The van der Waals surface area contributed by atoms with Crippen molar-refractivity contribution in [1.82, 2.24) is 15.1 Å². The van der Waals surface area contributed by atoms with Gasteiger partial charge < -0.3 is 14.8 Å². The summed E-state index contributed by atoms with van der Waals surface area (Å²) in [6.45, 7) is 3.44. The average molecular weight is 310 g/mol. The predicted octanol–water partition coefficient (Wildman–Crippen LogP) is 2.35. The van der Waals surface area contributed by atoms with E-state index in [2.05, 4.69) is 10.4 Å². The Morgan fingerprint density at radius 3 is 3.00 bits per heavy atom. The van der Waals surface area contributed by atoms with Crippen LogP contribution in [0.2, 0.25) is 5.02 Å². The van der Waals surface area contributed by atoms with Crippen LogP contribution >= 0.6 is 11.6 Å². The van der Waals surface area contributed by atoms with Crippen molar-refractivity contribution in [2.75, 3.05) is 26.9 Å². The summed E-state index contributed by atoms with van der Waals surface area (Å²) >= 11 is 6.05. The molecule has 0 amide bonds. The van der Waals surface area contributed by atoms with Gasteiger partial charge in [0.25, 0.3) is 0 Å². The zero-order valence-corrected chi connectivity index (χ0v) is 12.8. The van der Waals surface area contributed by atoms with Crippen molar-refractivity contribution < 1.29 is 9.47 Å². The number of ether oxygens (including phenoxy) is 2. The molecule has 0 aliphatic carbocycles. The monoisotopic (exact) mass is 309 g/mol. The molecule has 2 aromatic rings. The van der Waals surface area contributed by atoms with E-state index in [1.807, 2.05) is 35.1 Å². The molecule has 0 saturated heterocycles. The summed E-state index contributed by atoms with van der Waals surface area (Å²) in [4.78, 5) is 0. The molecule has 0 spiro atoms. The Morgan fingerprint density at radius 1 is 1.33 bits per heavy atom. The fraction of sp³-hybridized carbons (Fsp3) is 0.400. The van der Waals surface area contributed by atoms with Crippen molar-refractivity contribution in [2.24, 2.45) is 0 Å². The van der Waals surface area contributed by atoms with Gasteiger partial charge in [0.1, 0.15) is 12.4 Å². The van der Waals surface area contributed by atoms with Crippen LogP contribution in [0.15, 0.2) is 36.7 Å². The molecule has 1 aromatic heterocycles. The van der Waals surface area contributed by atoms with E-state index in [4.69, 9.17) is 21.1 Å². The number of methoxy groups -OCH3 is 1. The maximum Gasteiger partial charge on any atom is 0.123 e. The molecule has 5 nitrogen and oxygen atoms in total. The SMILES string of the molecule is COCCNCc1cc(Cl)ccc1OCCn1cccn1. The highest BCUT2D eigenvalue weighted by Crippen LogP contribution is 2.22. The second-order valence-electron chi connectivity index (χ2n) is 4.54. The lowest BCUT2D eigenvalue weighted by Crippen LogP contribution is -2.19. The standard InChI is InChI=1S/C15H20ClN3O2/c1-20-9-6-17-12-13-11-14(16)3-4-15(13)21-10-8-19-7-2-5-18-19/h2-5,7,11,17H,6,8-10,12H2,1H3. The number of aromatic nitrogens is 2. The molecule has 0 aliphatic rings. The van der Waals surface area contributed by atoms with Crippen molar-refractivity contribution in [3.8, 4) is 5.75 Å². The molecule has 0 atom stereocenters.